The van der Waals surface area contributed by atoms with Gasteiger partial charge in [0.2, 0.25) is 0 Å². The number of pyridine rings is 1. The number of aromatic nitrogens is 1. The summed E-state index contributed by atoms with van der Waals surface area (Å²) < 4.78 is 0. The molecule has 0 bridgehead atoms. The molecule has 2 atom stereocenters. The molecule has 7 heteroatoms. The van der Waals surface area contributed by atoms with E-state index in [9.17, 15) is 14.7 Å². The van der Waals surface area contributed by atoms with Crippen molar-refractivity contribution in [2.75, 3.05) is 25.0 Å². The van der Waals surface area contributed by atoms with Crippen LogP contribution in [0.15, 0.2) is 18.3 Å². The van der Waals surface area contributed by atoms with E-state index in [1.165, 1.54) is 0 Å². The fourth-order valence-corrected chi connectivity index (χ4v) is 3.43. The Morgan fingerprint density at radius 2 is 2.00 bits per heavy atom. The van der Waals surface area contributed by atoms with Crippen LogP contribution in [-0.2, 0) is 0 Å². The minimum absolute atomic E-state index is 0.158. The summed E-state index contributed by atoms with van der Waals surface area (Å²) in [6.07, 6.45) is 0.786. The summed E-state index contributed by atoms with van der Waals surface area (Å²) in [5.41, 5.74) is 0.450. The first-order valence-electron chi connectivity index (χ1n) is 8.46. The highest BCUT2D eigenvalue weighted by Gasteiger charge is 2.51. The molecule has 2 N–H and O–H groups in total. The van der Waals surface area contributed by atoms with Crippen LogP contribution in [-0.4, -0.2) is 58.7 Å². The number of carbonyl (C=O) groups is 2. The lowest BCUT2D eigenvalue weighted by Crippen LogP contribution is -2.70. The summed E-state index contributed by atoms with van der Waals surface area (Å²) in [5.74, 6) is -0.227. The maximum absolute atomic E-state index is 11.9. The third-order valence-corrected chi connectivity index (χ3v) is 5.35. The van der Waals surface area contributed by atoms with E-state index in [1.807, 2.05) is 19.9 Å². The van der Waals surface area contributed by atoms with Crippen molar-refractivity contribution in [1.82, 2.24) is 15.2 Å². The Labute approximate surface area is 149 Å². The molecule has 138 valence electrons. The van der Waals surface area contributed by atoms with Gasteiger partial charge in [-0.2, -0.15) is 0 Å². The summed E-state index contributed by atoms with van der Waals surface area (Å²) in [6.45, 7) is 11.3. The lowest BCUT2D eigenvalue weighted by Gasteiger charge is -2.57. The molecule has 0 unspecified atom stereocenters. The molecular weight excluding hydrogens is 320 g/mol. The predicted molar refractivity (Wildman–Crippen MR) is 97.0 cm³/mol. The highest BCUT2D eigenvalue weighted by molar-refractivity contribution is 5.92. The number of piperazine rings is 1. The summed E-state index contributed by atoms with van der Waals surface area (Å²) >= 11 is 0. The van der Waals surface area contributed by atoms with E-state index in [0.717, 1.165) is 5.69 Å². The van der Waals surface area contributed by atoms with Gasteiger partial charge in [-0.1, -0.05) is 20.8 Å². The van der Waals surface area contributed by atoms with Crippen molar-refractivity contribution in [1.29, 1.82) is 0 Å². The molecular formula is C18H28N4O3. The van der Waals surface area contributed by atoms with Gasteiger partial charge in [0.25, 0.3) is 5.91 Å². The molecule has 1 aromatic heterocycles. The Morgan fingerprint density at radius 1 is 1.36 bits per heavy atom. The average molecular weight is 348 g/mol. The number of nitrogens with zero attached hydrogens (tertiary/aromatic N) is 3. The zero-order valence-corrected chi connectivity index (χ0v) is 15.8. The highest BCUT2D eigenvalue weighted by atomic mass is 16.4. The fourth-order valence-electron chi connectivity index (χ4n) is 3.43. The smallest absolute Gasteiger partial charge is 0.408 e. The molecule has 0 saturated carbocycles. The Balaban J connectivity index is 2.35. The summed E-state index contributed by atoms with van der Waals surface area (Å²) in [6, 6.07) is 3.40. The van der Waals surface area contributed by atoms with Gasteiger partial charge in [-0.15, -0.1) is 0 Å². The van der Waals surface area contributed by atoms with E-state index < -0.39 is 11.6 Å². The summed E-state index contributed by atoms with van der Waals surface area (Å²) in [7, 11) is 1.57. The molecule has 1 fully saturated rings. The number of hydrogen-bond acceptors (Lipinski definition) is 4. The van der Waals surface area contributed by atoms with Crippen LogP contribution in [0.3, 0.4) is 0 Å². The molecule has 0 spiro atoms. The van der Waals surface area contributed by atoms with Crippen LogP contribution in [0.4, 0.5) is 10.5 Å². The van der Waals surface area contributed by atoms with Crippen LogP contribution in [0.25, 0.3) is 0 Å². The van der Waals surface area contributed by atoms with Gasteiger partial charge in [0.15, 0.2) is 0 Å². The van der Waals surface area contributed by atoms with Crippen molar-refractivity contribution in [3.8, 4) is 0 Å². The van der Waals surface area contributed by atoms with Gasteiger partial charge in [-0.05, 0) is 31.4 Å². The minimum atomic E-state index is -0.891. The van der Waals surface area contributed by atoms with Crippen molar-refractivity contribution in [2.24, 2.45) is 5.41 Å². The molecule has 7 nitrogen and oxygen atoms in total. The lowest BCUT2D eigenvalue weighted by atomic mass is 9.71. The minimum Gasteiger partial charge on any atom is -0.465 e. The monoisotopic (exact) mass is 348 g/mol. The van der Waals surface area contributed by atoms with E-state index >= 15 is 0 Å². The largest absolute Gasteiger partial charge is 0.465 e. The summed E-state index contributed by atoms with van der Waals surface area (Å²) in [4.78, 5) is 31.5. The normalized spacial score (nSPS) is 24.2. The second-order valence-electron chi connectivity index (χ2n) is 7.89. The van der Waals surface area contributed by atoms with E-state index in [4.69, 9.17) is 0 Å². The van der Waals surface area contributed by atoms with Gasteiger partial charge < -0.3 is 15.3 Å². The van der Waals surface area contributed by atoms with Crippen molar-refractivity contribution < 1.29 is 14.7 Å². The van der Waals surface area contributed by atoms with E-state index in [2.05, 4.69) is 36.0 Å². The standard InChI is InChI=1S/C18H28N4O3/c1-12-10-21(13-7-8-14(20-9-13)15(23)19-6)11-18(5,17(2,3)4)22(12)16(24)25/h7-9,12H,10-11H2,1-6H3,(H,19,23)(H,24,25)/t12-,18+/m1/s1. The highest BCUT2D eigenvalue weighted by Crippen LogP contribution is 2.41. The van der Waals surface area contributed by atoms with Crippen LogP contribution < -0.4 is 10.2 Å². The Kier molecular flexibility index (Phi) is 4.97. The maximum Gasteiger partial charge on any atom is 0.408 e. The second kappa shape index (κ2) is 6.54. The van der Waals surface area contributed by atoms with Gasteiger partial charge >= 0.3 is 6.09 Å². The average Bonchev–Trinajstić information content (AvgIpc) is 2.52. The number of carbonyl (C=O) groups excluding carboxylic acids is 1. The van der Waals surface area contributed by atoms with Gasteiger partial charge in [-0.25, -0.2) is 9.78 Å². The summed E-state index contributed by atoms with van der Waals surface area (Å²) in [5, 5.41) is 12.3. The zero-order chi connectivity index (χ0) is 19.0. The number of anilines is 1. The van der Waals surface area contributed by atoms with E-state index in [0.29, 0.717) is 18.8 Å². The number of carboxylic acid groups (broad SMARTS) is 1. The van der Waals surface area contributed by atoms with E-state index in [1.54, 1.807) is 24.2 Å². The molecule has 1 aromatic rings. The molecule has 1 aliphatic heterocycles. The van der Waals surface area contributed by atoms with Crippen LogP contribution in [0, 0.1) is 5.41 Å². The number of amides is 2. The molecule has 0 radical (unpaired) electrons. The van der Waals surface area contributed by atoms with Gasteiger partial charge in [-0.3, -0.25) is 9.69 Å². The number of rotatable bonds is 2. The Hall–Kier alpha value is -2.31. The predicted octanol–water partition coefficient (Wildman–Crippen LogP) is 2.43. The van der Waals surface area contributed by atoms with Crippen molar-refractivity contribution in [3.05, 3.63) is 24.0 Å². The van der Waals surface area contributed by atoms with Gasteiger partial charge in [0, 0.05) is 20.1 Å². The Morgan fingerprint density at radius 3 is 2.44 bits per heavy atom. The first-order valence-corrected chi connectivity index (χ1v) is 8.46. The van der Waals surface area contributed by atoms with Crippen LogP contribution in [0.2, 0.25) is 0 Å². The van der Waals surface area contributed by atoms with Crippen LogP contribution in [0.5, 0.6) is 0 Å². The van der Waals surface area contributed by atoms with Crippen molar-refractivity contribution in [2.45, 2.75) is 46.2 Å². The fraction of sp³-hybridized carbons (Fsp3) is 0.611. The quantitative estimate of drug-likeness (QED) is 0.857. The zero-order valence-electron chi connectivity index (χ0n) is 15.8. The maximum atomic E-state index is 11.9. The molecule has 0 aliphatic carbocycles. The van der Waals surface area contributed by atoms with Crippen LogP contribution >= 0.6 is 0 Å². The molecule has 2 rings (SSSR count). The SMILES string of the molecule is CNC(=O)c1ccc(N2C[C@@H](C)N(C(=O)O)[C@](C)(C(C)(C)C)C2)cn1. The molecule has 1 aliphatic rings. The van der Waals surface area contributed by atoms with Crippen molar-refractivity contribution >= 4 is 17.7 Å². The number of hydrogen-bond donors (Lipinski definition) is 2. The molecule has 25 heavy (non-hydrogen) atoms. The van der Waals surface area contributed by atoms with E-state index in [-0.39, 0.29) is 17.4 Å². The first kappa shape index (κ1) is 19.0. The van der Waals surface area contributed by atoms with Crippen molar-refractivity contribution in [3.63, 3.8) is 0 Å². The number of nitrogens with one attached hydrogen (secondary N) is 1. The van der Waals surface area contributed by atoms with Gasteiger partial charge in [0.1, 0.15) is 5.69 Å². The molecule has 1 saturated heterocycles. The third kappa shape index (κ3) is 3.41. The molecule has 2 amide bonds. The molecule has 2 heterocycles. The van der Waals surface area contributed by atoms with Crippen LogP contribution in [0.1, 0.15) is 45.1 Å². The lowest BCUT2D eigenvalue weighted by molar-refractivity contribution is -0.0170. The molecule has 0 aromatic carbocycles. The third-order valence-electron chi connectivity index (χ3n) is 5.35. The Bertz CT molecular complexity index is 653. The second-order valence-corrected chi connectivity index (χ2v) is 7.89. The van der Waals surface area contributed by atoms with Gasteiger partial charge in [0.05, 0.1) is 23.5 Å². The first-order chi connectivity index (χ1) is 11.5. The topological polar surface area (TPSA) is 85.8 Å².